The Morgan fingerprint density at radius 3 is 2.82 bits per heavy atom. The van der Waals surface area contributed by atoms with Gasteiger partial charge in [0.05, 0.1) is 0 Å². The molecule has 28 heavy (non-hydrogen) atoms. The summed E-state index contributed by atoms with van der Waals surface area (Å²) < 4.78 is 0. The number of hydrogen-bond donors (Lipinski definition) is 1. The number of carbonyl (C=O) groups is 2. The van der Waals surface area contributed by atoms with E-state index in [1.54, 1.807) is 0 Å². The highest BCUT2D eigenvalue weighted by molar-refractivity contribution is 5.99. The first-order chi connectivity index (χ1) is 13.5. The third kappa shape index (κ3) is 2.70. The molecule has 1 aromatic heterocycles. The average molecular weight is 373 g/mol. The number of aromatic nitrogens is 1. The van der Waals surface area contributed by atoms with Gasteiger partial charge in [-0.05, 0) is 49.2 Å². The monoisotopic (exact) mass is 373 g/mol. The summed E-state index contributed by atoms with van der Waals surface area (Å²) in [5.41, 5.74) is 3.72. The molecule has 2 amide bonds. The second-order valence-corrected chi connectivity index (χ2v) is 8.20. The zero-order valence-electron chi connectivity index (χ0n) is 15.9. The van der Waals surface area contributed by atoms with Crippen LogP contribution in [0.15, 0.2) is 54.7 Å². The molecule has 2 saturated heterocycles. The molecule has 2 aliphatic rings. The summed E-state index contributed by atoms with van der Waals surface area (Å²) in [5, 5.41) is 1.04. The van der Waals surface area contributed by atoms with E-state index >= 15 is 0 Å². The summed E-state index contributed by atoms with van der Waals surface area (Å²) >= 11 is 0. The Morgan fingerprint density at radius 2 is 1.96 bits per heavy atom. The summed E-state index contributed by atoms with van der Waals surface area (Å²) in [6.07, 6.45) is 3.27. The molecule has 1 unspecified atom stereocenters. The number of hydrogen-bond acceptors (Lipinski definition) is 2. The van der Waals surface area contributed by atoms with Gasteiger partial charge < -0.3 is 14.8 Å². The highest BCUT2D eigenvalue weighted by Crippen LogP contribution is 2.42. The van der Waals surface area contributed by atoms with Crippen molar-refractivity contribution in [1.82, 2.24) is 9.88 Å². The van der Waals surface area contributed by atoms with Crippen molar-refractivity contribution in [3.05, 3.63) is 65.9 Å². The SMILES string of the molecule is Cc1ccccc1N1CC2(CCN(C(=O)c3ccc4[nH]ccc4c3)C2)CC1=O. The number of amides is 2. The first-order valence-corrected chi connectivity index (χ1v) is 9.77. The smallest absolute Gasteiger partial charge is 0.253 e. The zero-order chi connectivity index (χ0) is 19.3. The van der Waals surface area contributed by atoms with Crippen LogP contribution in [0.25, 0.3) is 10.9 Å². The van der Waals surface area contributed by atoms with Gasteiger partial charge in [-0.3, -0.25) is 9.59 Å². The van der Waals surface area contributed by atoms with Crippen molar-refractivity contribution in [1.29, 1.82) is 0 Å². The summed E-state index contributed by atoms with van der Waals surface area (Å²) in [6.45, 7) is 4.08. The van der Waals surface area contributed by atoms with E-state index in [2.05, 4.69) is 4.98 Å². The lowest BCUT2D eigenvalue weighted by atomic mass is 9.86. The maximum atomic E-state index is 13.1. The number of aromatic amines is 1. The minimum absolute atomic E-state index is 0.0572. The van der Waals surface area contributed by atoms with Crippen molar-refractivity contribution in [2.24, 2.45) is 5.41 Å². The van der Waals surface area contributed by atoms with Gasteiger partial charge in [-0.1, -0.05) is 18.2 Å². The van der Waals surface area contributed by atoms with E-state index in [0.29, 0.717) is 31.6 Å². The molecule has 0 saturated carbocycles. The lowest BCUT2D eigenvalue weighted by Gasteiger charge is -2.25. The van der Waals surface area contributed by atoms with Crippen molar-refractivity contribution in [2.75, 3.05) is 24.5 Å². The molecule has 2 fully saturated rings. The predicted octanol–water partition coefficient (Wildman–Crippen LogP) is 3.75. The van der Waals surface area contributed by atoms with Gasteiger partial charge in [-0.2, -0.15) is 0 Å². The molecule has 5 heteroatoms. The first-order valence-electron chi connectivity index (χ1n) is 9.77. The van der Waals surface area contributed by atoms with Gasteiger partial charge in [0.15, 0.2) is 0 Å². The second kappa shape index (κ2) is 6.23. The first kappa shape index (κ1) is 17.0. The topological polar surface area (TPSA) is 56.4 Å². The Bertz CT molecular complexity index is 1090. The van der Waals surface area contributed by atoms with Gasteiger partial charge in [0, 0.05) is 59.8 Å². The Kier molecular flexibility index (Phi) is 3.79. The van der Waals surface area contributed by atoms with Crippen LogP contribution >= 0.6 is 0 Å². The molecule has 5 rings (SSSR count). The highest BCUT2D eigenvalue weighted by Gasteiger charge is 2.49. The van der Waals surface area contributed by atoms with E-state index in [1.165, 1.54) is 0 Å². The number of carbonyl (C=O) groups excluding carboxylic acids is 2. The van der Waals surface area contributed by atoms with E-state index in [0.717, 1.165) is 28.6 Å². The molecular weight excluding hydrogens is 350 g/mol. The van der Waals surface area contributed by atoms with Crippen molar-refractivity contribution in [3.63, 3.8) is 0 Å². The summed E-state index contributed by atoms with van der Waals surface area (Å²) in [7, 11) is 0. The Hall–Kier alpha value is -3.08. The maximum absolute atomic E-state index is 13.1. The standard InChI is InChI=1S/C23H23N3O2/c1-16-4-2-3-5-20(16)26-15-23(13-21(26)27)9-11-25(14-23)22(28)18-6-7-19-17(12-18)8-10-24-19/h2-8,10,12,24H,9,11,13-15H2,1H3. The lowest BCUT2D eigenvalue weighted by molar-refractivity contribution is -0.117. The fourth-order valence-corrected chi connectivity index (χ4v) is 4.73. The van der Waals surface area contributed by atoms with Crippen LogP contribution < -0.4 is 4.90 Å². The molecule has 3 aromatic rings. The maximum Gasteiger partial charge on any atom is 0.253 e. The average Bonchev–Trinajstić information content (AvgIpc) is 3.40. The molecule has 3 heterocycles. The molecular formula is C23H23N3O2. The van der Waals surface area contributed by atoms with Gasteiger partial charge in [-0.15, -0.1) is 0 Å². The largest absolute Gasteiger partial charge is 0.361 e. The molecule has 0 bridgehead atoms. The number of likely N-dealkylation sites (tertiary alicyclic amines) is 1. The van der Waals surface area contributed by atoms with Crippen LogP contribution in [0.5, 0.6) is 0 Å². The number of aryl methyl sites for hydroxylation is 1. The van der Waals surface area contributed by atoms with E-state index in [-0.39, 0.29) is 17.2 Å². The van der Waals surface area contributed by atoms with Crippen LogP contribution in [0.1, 0.15) is 28.8 Å². The molecule has 2 aliphatic heterocycles. The van der Waals surface area contributed by atoms with Gasteiger partial charge in [-0.25, -0.2) is 0 Å². The fraction of sp³-hybridized carbons (Fsp3) is 0.304. The quantitative estimate of drug-likeness (QED) is 0.744. The summed E-state index contributed by atoms with van der Waals surface area (Å²) in [6, 6.07) is 15.8. The normalized spacial score (nSPS) is 22.0. The van der Waals surface area contributed by atoms with Crippen LogP contribution in [0.4, 0.5) is 5.69 Å². The Balaban J connectivity index is 1.36. The minimum atomic E-state index is -0.132. The summed E-state index contributed by atoms with van der Waals surface area (Å²) in [5.74, 6) is 0.221. The number of para-hydroxylation sites is 1. The molecule has 2 aromatic carbocycles. The van der Waals surface area contributed by atoms with Crippen molar-refractivity contribution in [3.8, 4) is 0 Å². The van der Waals surface area contributed by atoms with Gasteiger partial charge in [0.1, 0.15) is 0 Å². The highest BCUT2D eigenvalue weighted by atomic mass is 16.2. The van der Waals surface area contributed by atoms with Gasteiger partial charge in [0.2, 0.25) is 5.91 Å². The number of nitrogens with one attached hydrogen (secondary N) is 1. The molecule has 0 aliphatic carbocycles. The van der Waals surface area contributed by atoms with Crippen LogP contribution in [0, 0.1) is 12.3 Å². The zero-order valence-corrected chi connectivity index (χ0v) is 15.9. The Morgan fingerprint density at radius 1 is 1.11 bits per heavy atom. The molecule has 5 nitrogen and oxygen atoms in total. The predicted molar refractivity (Wildman–Crippen MR) is 109 cm³/mol. The van der Waals surface area contributed by atoms with Crippen LogP contribution in [-0.2, 0) is 4.79 Å². The molecule has 0 radical (unpaired) electrons. The number of anilines is 1. The Labute approximate surface area is 163 Å². The number of nitrogens with zero attached hydrogens (tertiary/aromatic N) is 2. The number of H-pyrrole nitrogens is 1. The molecule has 1 spiro atoms. The molecule has 1 N–H and O–H groups in total. The van der Waals surface area contributed by atoms with Crippen molar-refractivity contribution >= 4 is 28.4 Å². The summed E-state index contributed by atoms with van der Waals surface area (Å²) in [4.78, 5) is 32.8. The van der Waals surface area contributed by atoms with E-state index in [4.69, 9.17) is 0 Å². The molecule has 1 atom stereocenters. The van der Waals surface area contributed by atoms with Crippen molar-refractivity contribution < 1.29 is 9.59 Å². The number of fused-ring (bicyclic) bond motifs is 1. The van der Waals surface area contributed by atoms with Gasteiger partial charge >= 0.3 is 0 Å². The van der Waals surface area contributed by atoms with E-state index in [9.17, 15) is 9.59 Å². The lowest BCUT2D eigenvalue weighted by Crippen LogP contribution is -2.34. The minimum Gasteiger partial charge on any atom is -0.361 e. The number of rotatable bonds is 2. The van der Waals surface area contributed by atoms with Crippen LogP contribution in [0.2, 0.25) is 0 Å². The third-order valence-corrected chi connectivity index (χ3v) is 6.25. The third-order valence-electron chi connectivity index (χ3n) is 6.25. The number of benzene rings is 2. The molecule has 142 valence electrons. The van der Waals surface area contributed by atoms with Crippen LogP contribution in [0.3, 0.4) is 0 Å². The fourth-order valence-electron chi connectivity index (χ4n) is 4.73. The van der Waals surface area contributed by atoms with E-state index in [1.807, 2.05) is 71.5 Å². The van der Waals surface area contributed by atoms with Gasteiger partial charge in [0.25, 0.3) is 5.91 Å². The second-order valence-electron chi connectivity index (χ2n) is 8.20. The van der Waals surface area contributed by atoms with Crippen molar-refractivity contribution in [2.45, 2.75) is 19.8 Å². The van der Waals surface area contributed by atoms with E-state index < -0.39 is 0 Å². The van der Waals surface area contributed by atoms with Crippen LogP contribution in [-0.4, -0.2) is 41.3 Å².